The Kier molecular flexibility index (Phi) is 4.83. The van der Waals surface area contributed by atoms with Gasteiger partial charge in [0.05, 0.1) is 11.4 Å². The Hall–Kier alpha value is -3.42. The molecule has 0 saturated carbocycles. The maximum atomic E-state index is 12.7. The van der Waals surface area contributed by atoms with Gasteiger partial charge < -0.3 is 19.9 Å². The summed E-state index contributed by atoms with van der Waals surface area (Å²) in [6.07, 6.45) is 1.51. The summed E-state index contributed by atoms with van der Waals surface area (Å²) in [7, 11) is 0. The van der Waals surface area contributed by atoms with Crippen LogP contribution in [-0.4, -0.2) is 35.4 Å². The van der Waals surface area contributed by atoms with Gasteiger partial charge in [0.15, 0.2) is 6.61 Å². The predicted molar refractivity (Wildman–Crippen MR) is 94.0 cm³/mol. The van der Waals surface area contributed by atoms with Crippen LogP contribution in [0.3, 0.4) is 0 Å². The Morgan fingerprint density at radius 1 is 1.19 bits per heavy atom. The lowest BCUT2D eigenvalue weighted by atomic mass is 10.1. The first-order valence-electron chi connectivity index (χ1n) is 8.03. The summed E-state index contributed by atoms with van der Waals surface area (Å²) in [4.78, 5) is 52.0. The van der Waals surface area contributed by atoms with Gasteiger partial charge in [0, 0.05) is 18.7 Å². The normalized spacial score (nSPS) is 16.3. The predicted octanol–water partition coefficient (Wildman–Crippen LogP) is 1.30. The van der Waals surface area contributed by atoms with Gasteiger partial charge in [-0.15, -0.1) is 0 Å². The topological polar surface area (TPSA) is 109 Å². The number of amides is 2. The molecule has 0 radical (unpaired) electrons. The Labute approximate surface area is 148 Å². The molecule has 0 aliphatic carbocycles. The number of esters is 1. The fraction of sp³-hybridized carbons (Fsp3) is 0.222. The highest BCUT2D eigenvalue weighted by molar-refractivity contribution is 6.05. The molecular formula is C18H17N3O5. The van der Waals surface area contributed by atoms with Crippen LogP contribution in [-0.2, 0) is 14.3 Å². The number of nitrogens with zero attached hydrogens (tertiary/aromatic N) is 1. The smallest absolute Gasteiger partial charge is 0.344 e. The van der Waals surface area contributed by atoms with Crippen LogP contribution >= 0.6 is 0 Å². The molecule has 26 heavy (non-hydrogen) atoms. The van der Waals surface area contributed by atoms with Gasteiger partial charge in [-0.3, -0.25) is 14.4 Å². The second kappa shape index (κ2) is 7.22. The van der Waals surface area contributed by atoms with Crippen LogP contribution in [0.5, 0.6) is 0 Å². The molecule has 1 aromatic carbocycles. The van der Waals surface area contributed by atoms with E-state index in [9.17, 15) is 19.2 Å². The second-order valence-electron chi connectivity index (χ2n) is 5.87. The summed E-state index contributed by atoms with van der Waals surface area (Å²) in [5, 5.41) is 2.75. The minimum atomic E-state index is -0.884. The zero-order valence-corrected chi connectivity index (χ0v) is 14.0. The largest absolute Gasteiger partial charge is 0.452 e. The van der Waals surface area contributed by atoms with Gasteiger partial charge in [0.1, 0.15) is 5.56 Å². The molecule has 1 aliphatic heterocycles. The van der Waals surface area contributed by atoms with Gasteiger partial charge in [0.2, 0.25) is 5.91 Å². The molecule has 8 heteroatoms. The molecule has 0 unspecified atom stereocenters. The third-order valence-corrected chi connectivity index (χ3v) is 3.99. The first-order valence-corrected chi connectivity index (χ1v) is 8.03. The molecule has 2 aromatic rings. The summed E-state index contributed by atoms with van der Waals surface area (Å²) in [6.45, 7) is 1.20. The molecule has 8 nitrogen and oxygen atoms in total. The van der Waals surface area contributed by atoms with Gasteiger partial charge in [-0.05, 0) is 31.2 Å². The molecular weight excluding hydrogens is 338 g/mol. The molecule has 2 N–H and O–H groups in total. The van der Waals surface area contributed by atoms with Crippen LogP contribution in [0.25, 0.3) is 0 Å². The number of ether oxygens (including phenoxy) is 1. The SMILES string of the molecule is C[C@H]1CC(=O)Nc2ccccc2N1C(=O)COC(=O)c1ccc[nH]c1=O. The van der Waals surface area contributed by atoms with E-state index in [4.69, 9.17) is 4.74 Å². The highest BCUT2D eigenvalue weighted by Gasteiger charge is 2.30. The van der Waals surface area contributed by atoms with Crippen molar-refractivity contribution in [3.63, 3.8) is 0 Å². The van der Waals surface area contributed by atoms with E-state index < -0.39 is 30.1 Å². The highest BCUT2D eigenvalue weighted by Crippen LogP contribution is 2.31. The fourth-order valence-corrected chi connectivity index (χ4v) is 2.82. The average Bonchev–Trinajstić information content (AvgIpc) is 2.74. The van der Waals surface area contributed by atoms with Crippen molar-refractivity contribution in [2.75, 3.05) is 16.8 Å². The quantitative estimate of drug-likeness (QED) is 0.807. The maximum Gasteiger partial charge on any atom is 0.344 e. The molecule has 2 heterocycles. The van der Waals surface area contributed by atoms with Crippen LogP contribution in [0, 0.1) is 0 Å². The van der Waals surface area contributed by atoms with E-state index in [1.807, 2.05) is 0 Å². The summed E-state index contributed by atoms with van der Waals surface area (Å²) in [6, 6.07) is 9.30. The number of aromatic amines is 1. The van der Waals surface area contributed by atoms with Gasteiger partial charge in [0.25, 0.3) is 11.5 Å². The standard InChI is InChI=1S/C18H17N3O5/c1-11-9-15(22)20-13-6-2-3-7-14(13)21(11)16(23)10-26-18(25)12-5-4-8-19-17(12)24/h2-8,11H,9-10H2,1H3,(H,19,24)(H,20,22)/t11-/m0/s1. The molecule has 2 amide bonds. The zero-order valence-electron chi connectivity index (χ0n) is 14.0. The molecule has 3 rings (SSSR count). The van der Waals surface area contributed by atoms with Gasteiger partial charge >= 0.3 is 5.97 Å². The lowest BCUT2D eigenvalue weighted by Gasteiger charge is -2.27. The molecule has 134 valence electrons. The molecule has 0 spiro atoms. The summed E-state index contributed by atoms with van der Waals surface area (Å²) in [5.41, 5.74) is 0.278. The second-order valence-corrected chi connectivity index (χ2v) is 5.87. The van der Waals surface area contributed by atoms with Crippen LogP contribution in [0.1, 0.15) is 23.7 Å². The van der Waals surface area contributed by atoms with Gasteiger partial charge in [-0.25, -0.2) is 4.79 Å². The molecule has 0 saturated heterocycles. The fourth-order valence-electron chi connectivity index (χ4n) is 2.82. The number of hydrogen-bond acceptors (Lipinski definition) is 5. The number of carbonyl (C=O) groups excluding carboxylic acids is 3. The first kappa shape index (κ1) is 17.4. The van der Waals surface area contributed by atoms with Crippen LogP contribution in [0.2, 0.25) is 0 Å². The number of anilines is 2. The van der Waals surface area contributed by atoms with Crippen LogP contribution < -0.4 is 15.8 Å². The zero-order chi connectivity index (χ0) is 18.7. The minimum Gasteiger partial charge on any atom is -0.452 e. The van der Waals surface area contributed by atoms with Crippen molar-refractivity contribution in [3.8, 4) is 0 Å². The third kappa shape index (κ3) is 3.49. The lowest BCUT2D eigenvalue weighted by molar-refractivity contribution is -0.122. The average molecular weight is 355 g/mol. The number of para-hydroxylation sites is 2. The van der Waals surface area contributed by atoms with Crippen molar-refractivity contribution >= 4 is 29.2 Å². The van der Waals surface area contributed by atoms with Crippen molar-refractivity contribution in [1.29, 1.82) is 0 Å². The number of H-pyrrole nitrogens is 1. The maximum absolute atomic E-state index is 12.7. The van der Waals surface area contributed by atoms with E-state index in [0.29, 0.717) is 11.4 Å². The molecule has 1 atom stereocenters. The number of hydrogen-bond donors (Lipinski definition) is 2. The Balaban J connectivity index is 1.78. The van der Waals surface area contributed by atoms with Crippen molar-refractivity contribution in [2.45, 2.75) is 19.4 Å². The molecule has 0 fully saturated rings. The number of benzene rings is 1. The van der Waals surface area contributed by atoms with Crippen LogP contribution in [0.4, 0.5) is 11.4 Å². The first-order chi connectivity index (χ1) is 12.5. The third-order valence-electron chi connectivity index (χ3n) is 3.99. The number of aromatic nitrogens is 1. The summed E-state index contributed by atoms with van der Waals surface area (Å²) >= 11 is 0. The number of pyridine rings is 1. The number of rotatable bonds is 3. The van der Waals surface area contributed by atoms with E-state index >= 15 is 0 Å². The lowest BCUT2D eigenvalue weighted by Crippen LogP contribution is -2.41. The Morgan fingerprint density at radius 2 is 1.96 bits per heavy atom. The van der Waals surface area contributed by atoms with E-state index in [-0.39, 0.29) is 17.9 Å². The summed E-state index contributed by atoms with van der Waals surface area (Å²) < 4.78 is 5.00. The molecule has 1 aliphatic rings. The highest BCUT2D eigenvalue weighted by atomic mass is 16.5. The number of nitrogens with one attached hydrogen (secondary N) is 2. The van der Waals surface area contributed by atoms with Crippen molar-refractivity contribution in [3.05, 3.63) is 58.5 Å². The van der Waals surface area contributed by atoms with E-state index in [1.165, 1.54) is 23.2 Å². The van der Waals surface area contributed by atoms with E-state index in [1.54, 1.807) is 31.2 Å². The van der Waals surface area contributed by atoms with Crippen molar-refractivity contribution < 1.29 is 19.1 Å². The van der Waals surface area contributed by atoms with Crippen molar-refractivity contribution in [1.82, 2.24) is 4.98 Å². The van der Waals surface area contributed by atoms with Gasteiger partial charge in [-0.2, -0.15) is 0 Å². The minimum absolute atomic E-state index is 0.118. The van der Waals surface area contributed by atoms with E-state index in [2.05, 4.69) is 10.3 Å². The van der Waals surface area contributed by atoms with Crippen molar-refractivity contribution in [2.24, 2.45) is 0 Å². The number of carbonyl (C=O) groups is 3. The summed E-state index contributed by atoms with van der Waals surface area (Å²) in [5.74, 6) is -1.57. The Morgan fingerprint density at radius 3 is 2.73 bits per heavy atom. The van der Waals surface area contributed by atoms with Crippen LogP contribution in [0.15, 0.2) is 47.4 Å². The number of fused-ring (bicyclic) bond motifs is 1. The molecule has 0 bridgehead atoms. The monoisotopic (exact) mass is 355 g/mol. The Bertz CT molecular complexity index is 921. The van der Waals surface area contributed by atoms with E-state index in [0.717, 1.165) is 0 Å². The van der Waals surface area contributed by atoms with Gasteiger partial charge in [-0.1, -0.05) is 12.1 Å². The molecule has 1 aromatic heterocycles.